The van der Waals surface area contributed by atoms with E-state index >= 15 is 0 Å². The van der Waals surface area contributed by atoms with Crippen molar-refractivity contribution in [1.29, 1.82) is 0 Å². The van der Waals surface area contributed by atoms with E-state index in [0.29, 0.717) is 17.1 Å². The van der Waals surface area contributed by atoms with E-state index in [1.54, 1.807) is 18.2 Å². The highest BCUT2D eigenvalue weighted by Gasteiger charge is 2.07. The number of rotatable bonds is 3. The standard InChI is InChI=1S/C10H10Br2ClNO/c1-6(11)5-14-10(15)7-2-3-9(13)8(12)4-7/h2-4,6H,5H2,1H3,(H,14,15). The van der Waals surface area contributed by atoms with Crippen molar-refractivity contribution >= 4 is 49.4 Å². The molecule has 0 fully saturated rings. The Hall–Kier alpha value is -0.0600. The maximum atomic E-state index is 11.6. The van der Waals surface area contributed by atoms with Crippen LogP contribution in [0, 0.1) is 0 Å². The van der Waals surface area contributed by atoms with Crippen LogP contribution in [0.3, 0.4) is 0 Å². The van der Waals surface area contributed by atoms with Crippen LogP contribution in [0.1, 0.15) is 17.3 Å². The zero-order valence-electron chi connectivity index (χ0n) is 8.06. The average Bonchev–Trinajstić information content (AvgIpc) is 2.18. The Labute approximate surface area is 111 Å². The number of halogens is 3. The van der Waals surface area contributed by atoms with Crippen LogP contribution in [0.4, 0.5) is 0 Å². The summed E-state index contributed by atoms with van der Waals surface area (Å²) in [5, 5.41) is 3.39. The number of amides is 1. The minimum absolute atomic E-state index is 0.0985. The van der Waals surface area contributed by atoms with Gasteiger partial charge >= 0.3 is 0 Å². The molecule has 0 aliphatic rings. The second kappa shape index (κ2) is 5.87. The maximum Gasteiger partial charge on any atom is 0.251 e. The third kappa shape index (κ3) is 4.13. The van der Waals surface area contributed by atoms with Gasteiger partial charge in [-0.2, -0.15) is 0 Å². The minimum atomic E-state index is -0.0985. The summed E-state index contributed by atoms with van der Waals surface area (Å²) >= 11 is 12.5. The molecule has 0 saturated heterocycles. The van der Waals surface area contributed by atoms with Gasteiger partial charge in [-0.25, -0.2) is 0 Å². The zero-order valence-corrected chi connectivity index (χ0v) is 12.0. The molecule has 82 valence electrons. The molecule has 0 spiro atoms. The second-order valence-corrected chi connectivity index (χ2v) is 5.94. The quantitative estimate of drug-likeness (QED) is 0.825. The molecule has 1 N–H and O–H groups in total. The van der Waals surface area contributed by atoms with E-state index in [2.05, 4.69) is 37.2 Å². The summed E-state index contributed by atoms with van der Waals surface area (Å²) in [6, 6.07) is 5.09. The van der Waals surface area contributed by atoms with Gasteiger partial charge in [0, 0.05) is 21.4 Å². The van der Waals surface area contributed by atoms with Gasteiger partial charge in [-0.05, 0) is 34.1 Å². The number of nitrogens with one attached hydrogen (secondary N) is 1. The third-order valence-corrected chi connectivity index (χ3v) is 3.26. The largest absolute Gasteiger partial charge is 0.351 e. The van der Waals surface area contributed by atoms with Gasteiger partial charge in [0.2, 0.25) is 0 Å². The topological polar surface area (TPSA) is 29.1 Å². The first-order chi connectivity index (χ1) is 7.00. The van der Waals surface area contributed by atoms with Gasteiger partial charge in [-0.1, -0.05) is 34.5 Å². The van der Waals surface area contributed by atoms with Gasteiger partial charge in [0.1, 0.15) is 0 Å². The van der Waals surface area contributed by atoms with Crippen LogP contribution in [0.15, 0.2) is 22.7 Å². The summed E-state index contributed by atoms with van der Waals surface area (Å²) in [5.41, 5.74) is 0.597. The number of carbonyl (C=O) groups excluding carboxylic acids is 1. The van der Waals surface area contributed by atoms with Crippen LogP contribution in [0.25, 0.3) is 0 Å². The molecule has 1 aromatic rings. The molecule has 1 atom stereocenters. The Morgan fingerprint density at radius 2 is 2.27 bits per heavy atom. The first-order valence-corrected chi connectivity index (χ1v) is 6.46. The third-order valence-electron chi connectivity index (χ3n) is 1.73. The summed E-state index contributed by atoms with van der Waals surface area (Å²) in [5.74, 6) is -0.0985. The zero-order chi connectivity index (χ0) is 11.4. The van der Waals surface area contributed by atoms with Crippen molar-refractivity contribution in [2.24, 2.45) is 0 Å². The highest BCUT2D eigenvalue weighted by Crippen LogP contribution is 2.23. The number of carbonyl (C=O) groups is 1. The van der Waals surface area contributed by atoms with Crippen LogP contribution in [0.2, 0.25) is 5.02 Å². The first-order valence-electron chi connectivity index (χ1n) is 4.38. The number of hydrogen-bond acceptors (Lipinski definition) is 1. The number of alkyl halides is 1. The van der Waals surface area contributed by atoms with Crippen molar-refractivity contribution in [2.45, 2.75) is 11.8 Å². The predicted octanol–water partition coefficient (Wildman–Crippen LogP) is 3.62. The van der Waals surface area contributed by atoms with E-state index in [1.807, 2.05) is 6.92 Å². The molecule has 15 heavy (non-hydrogen) atoms. The molecule has 0 saturated carbocycles. The minimum Gasteiger partial charge on any atom is -0.351 e. The van der Waals surface area contributed by atoms with Crippen molar-refractivity contribution in [3.8, 4) is 0 Å². The molecule has 1 unspecified atom stereocenters. The Bertz CT molecular complexity index is 368. The fourth-order valence-electron chi connectivity index (χ4n) is 0.973. The van der Waals surface area contributed by atoms with E-state index in [0.717, 1.165) is 4.47 Å². The maximum absolute atomic E-state index is 11.6. The summed E-state index contributed by atoms with van der Waals surface area (Å²) in [4.78, 5) is 11.9. The van der Waals surface area contributed by atoms with Gasteiger partial charge in [0.05, 0.1) is 5.02 Å². The van der Waals surface area contributed by atoms with Crippen LogP contribution in [-0.4, -0.2) is 17.3 Å². The van der Waals surface area contributed by atoms with Gasteiger partial charge < -0.3 is 5.32 Å². The van der Waals surface area contributed by atoms with Crippen molar-refractivity contribution < 1.29 is 4.79 Å². The van der Waals surface area contributed by atoms with E-state index < -0.39 is 0 Å². The molecule has 0 aromatic heterocycles. The lowest BCUT2D eigenvalue weighted by Gasteiger charge is -2.07. The van der Waals surface area contributed by atoms with Crippen LogP contribution < -0.4 is 5.32 Å². The molecule has 1 amide bonds. The monoisotopic (exact) mass is 353 g/mol. The van der Waals surface area contributed by atoms with E-state index in [9.17, 15) is 4.79 Å². The Morgan fingerprint density at radius 1 is 1.60 bits per heavy atom. The molecule has 0 aliphatic heterocycles. The molecule has 1 aromatic carbocycles. The molecule has 0 aliphatic carbocycles. The lowest BCUT2D eigenvalue weighted by Crippen LogP contribution is -2.28. The second-order valence-electron chi connectivity index (χ2n) is 3.12. The normalized spacial score (nSPS) is 12.3. The lowest BCUT2D eigenvalue weighted by atomic mass is 10.2. The fourth-order valence-corrected chi connectivity index (χ4v) is 1.63. The molecule has 0 radical (unpaired) electrons. The van der Waals surface area contributed by atoms with Crippen LogP contribution in [0.5, 0.6) is 0 Å². The van der Waals surface area contributed by atoms with Crippen molar-refractivity contribution in [1.82, 2.24) is 5.32 Å². The number of benzene rings is 1. The summed E-state index contributed by atoms with van der Waals surface area (Å²) in [6.07, 6.45) is 0. The molecular formula is C10H10Br2ClNO. The molecule has 0 bridgehead atoms. The highest BCUT2D eigenvalue weighted by atomic mass is 79.9. The van der Waals surface area contributed by atoms with Crippen molar-refractivity contribution in [3.63, 3.8) is 0 Å². The summed E-state index contributed by atoms with van der Waals surface area (Å²) < 4.78 is 0.726. The highest BCUT2D eigenvalue weighted by molar-refractivity contribution is 9.10. The van der Waals surface area contributed by atoms with E-state index in [4.69, 9.17) is 11.6 Å². The fraction of sp³-hybridized carbons (Fsp3) is 0.300. The predicted molar refractivity (Wildman–Crippen MR) is 69.9 cm³/mol. The SMILES string of the molecule is CC(Br)CNC(=O)c1ccc(Cl)c(Br)c1. The Kier molecular flexibility index (Phi) is 5.09. The molecule has 5 heteroatoms. The van der Waals surface area contributed by atoms with Gasteiger partial charge in [0.15, 0.2) is 0 Å². The van der Waals surface area contributed by atoms with Gasteiger partial charge in [-0.15, -0.1) is 0 Å². The summed E-state index contributed by atoms with van der Waals surface area (Å²) in [6.45, 7) is 2.57. The summed E-state index contributed by atoms with van der Waals surface area (Å²) in [7, 11) is 0. The van der Waals surface area contributed by atoms with Crippen molar-refractivity contribution in [3.05, 3.63) is 33.3 Å². The van der Waals surface area contributed by atoms with Crippen LogP contribution in [-0.2, 0) is 0 Å². The Morgan fingerprint density at radius 3 is 2.80 bits per heavy atom. The van der Waals surface area contributed by atoms with Crippen LogP contribution >= 0.6 is 43.5 Å². The van der Waals surface area contributed by atoms with Gasteiger partial charge in [0.25, 0.3) is 5.91 Å². The van der Waals surface area contributed by atoms with Gasteiger partial charge in [-0.3, -0.25) is 4.79 Å². The molecule has 0 heterocycles. The van der Waals surface area contributed by atoms with E-state index in [-0.39, 0.29) is 10.7 Å². The smallest absolute Gasteiger partial charge is 0.251 e. The number of hydrogen-bond donors (Lipinski definition) is 1. The average molecular weight is 355 g/mol. The first kappa shape index (κ1) is 13.0. The van der Waals surface area contributed by atoms with E-state index in [1.165, 1.54) is 0 Å². The van der Waals surface area contributed by atoms with Crippen molar-refractivity contribution in [2.75, 3.05) is 6.54 Å². The molecule has 1 rings (SSSR count). The molecule has 2 nitrogen and oxygen atoms in total. The molecular weight excluding hydrogens is 345 g/mol. The lowest BCUT2D eigenvalue weighted by molar-refractivity contribution is 0.0954. The Balaban J connectivity index is 2.70.